The maximum Gasteiger partial charge on any atom is 0.225 e. The average molecular weight is 400 g/mol. The number of likely N-dealkylation sites (tertiary alicyclic amines) is 2. The van der Waals surface area contributed by atoms with Crippen LogP contribution < -0.4 is 5.32 Å². The zero-order chi connectivity index (χ0) is 18.5. The van der Waals surface area contributed by atoms with Crippen LogP contribution in [0.1, 0.15) is 58.8 Å². The summed E-state index contributed by atoms with van der Waals surface area (Å²) in [5.41, 5.74) is 0. The fourth-order valence-electron chi connectivity index (χ4n) is 5.01. The van der Waals surface area contributed by atoms with Crippen molar-refractivity contribution < 1.29 is 9.59 Å². The first-order valence-corrected chi connectivity index (χ1v) is 10.8. The van der Waals surface area contributed by atoms with E-state index < -0.39 is 0 Å². The number of piperidine rings is 3. The average Bonchev–Trinajstić information content (AvgIpc) is 2.68. The van der Waals surface area contributed by atoms with Gasteiger partial charge in [0.05, 0.1) is 0 Å². The van der Waals surface area contributed by atoms with Gasteiger partial charge in [0.2, 0.25) is 11.8 Å². The van der Waals surface area contributed by atoms with Crippen LogP contribution in [0.5, 0.6) is 0 Å². The zero-order valence-corrected chi connectivity index (χ0v) is 17.9. The molecule has 2 unspecified atom stereocenters. The van der Waals surface area contributed by atoms with Crippen molar-refractivity contribution in [2.45, 2.75) is 58.8 Å². The number of hydrogen-bond donors (Lipinski definition) is 1. The molecule has 3 fully saturated rings. The first-order chi connectivity index (χ1) is 12.5. The molecule has 0 aromatic heterocycles. The van der Waals surface area contributed by atoms with Gasteiger partial charge in [-0.2, -0.15) is 0 Å². The molecular formula is C21H38ClN3O2. The Hall–Kier alpha value is -0.810. The number of nitrogens with one attached hydrogen (secondary N) is 1. The van der Waals surface area contributed by atoms with E-state index in [1.54, 1.807) is 0 Å². The number of halogens is 1. The van der Waals surface area contributed by atoms with Gasteiger partial charge in [-0.25, -0.2) is 0 Å². The van der Waals surface area contributed by atoms with Crippen LogP contribution in [0.25, 0.3) is 0 Å². The summed E-state index contributed by atoms with van der Waals surface area (Å²) in [7, 11) is 0. The van der Waals surface area contributed by atoms with Crippen LogP contribution in [-0.4, -0.2) is 60.9 Å². The monoisotopic (exact) mass is 399 g/mol. The summed E-state index contributed by atoms with van der Waals surface area (Å²) >= 11 is 0. The maximum atomic E-state index is 12.8. The largest absolute Gasteiger partial charge is 0.343 e. The summed E-state index contributed by atoms with van der Waals surface area (Å²) < 4.78 is 0. The highest BCUT2D eigenvalue weighted by molar-refractivity contribution is 5.85. The second kappa shape index (κ2) is 10.7. The summed E-state index contributed by atoms with van der Waals surface area (Å²) in [6.45, 7) is 10.0. The molecule has 0 aromatic carbocycles. The predicted octanol–water partition coefficient (Wildman–Crippen LogP) is 2.93. The van der Waals surface area contributed by atoms with Crippen LogP contribution >= 0.6 is 12.4 Å². The molecule has 0 bridgehead atoms. The molecule has 3 aliphatic heterocycles. The molecule has 1 N–H and O–H groups in total. The predicted molar refractivity (Wildman–Crippen MR) is 111 cm³/mol. The minimum atomic E-state index is 0. The lowest BCUT2D eigenvalue weighted by Gasteiger charge is -2.37. The quantitative estimate of drug-likeness (QED) is 0.790. The van der Waals surface area contributed by atoms with Crippen LogP contribution in [0.4, 0.5) is 0 Å². The topological polar surface area (TPSA) is 52.7 Å². The van der Waals surface area contributed by atoms with Crippen molar-refractivity contribution >= 4 is 24.2 Å². The van der Waals surface area contributed by atoms with E-state index in [1.807, 2.05) is 4.90 Å². The minimum absolute atomic E-state index is 0. The van der Waals surface area contributed by atoms with Crippen molar-refractivity contribution in [1.82, 2.24) is 15.1 Å². The number of amides is 2. The summed E-state index contributed by atoms with van der Waals surface area (Å²) in [5.74, 6) is 2.55. The summed E-state index contributed by atoms with van der Waals surface area (Å²) in [4.78, 5) is 29.6. The number of nitrogens with zero attached hydrogens (tertiary/aromatic N) is 2. The van der Waals surface area contributed by atoms with Gasteiger partial charge in [-0.3, -0.25) is 9.59 Å². The first kappa shape index (κ1) is 22.5. The SMILES string of the molecule is CC1CCCN(C(=O)C2CCN(C(=O)CC(C)C3CCNCC3)CC2)C1.Cl. The van der Waals surface area contributed by atoms with Gasteiger partial charge in [0.15, 0.2) is 0 Å². The van der Waals surface area contributed by atoms with Gasteiger partial charge in [0, 0.05) is 38.5 Å². The zero-order valence-electron chi connectivity index (χ0n) is 17.1. The van der Waals surface area contributed by atoms with Crippen molar-refractivity contribution in [3.8, 4) is 0 Å². The Bertz CT molecular complexity index is 488. The Morgan fingerprint density at radius 3 is 2.30 bits per heavy atom. The van der Waals surface area contributed by atoms with Crippen molar-refractivity contribution in [3.63, 3.8) is 0 Å². The van der Waals surface area contributed by atoms with E-state index in [2.05, 4.69) is 24.1 Å². The van der Waals surface area contributed by atoms with Gasteiger partial charge in [0.25, 0.3) is 0 Å². The van der Waals surface area contributed by atoms with Crippen molar-refractivity contribution in [2.24, 2.45) is 23.7 Å². The lowest BCUT2D eigenvalue weighted by Crippen LogP contribution is -2.47. The van der Waals surface area contributed by atoms with E-state index >= 15 is 0 Å². The van der Waals surface area contributed by atoms with Crippen LogP contribution in [-0.2, 0) is 9.59 Å². The molecule has 5 nitrogen and oxygen atoms in total. The molecule has 0 saturated carbocycles. The van der Waals surface area contributed by atoms with Crippen LogP contribution in [0.2, 0.25) is 0 Å². The Morgan fingerprint density at radius 2 is 1.67 bits per heavy atom. The van der Waals surface area contributed by atoms with Crippen LogP contribution in [0.15, 0.2) is 0 Å². The number of hydrogen-bond acceptors (Lipinski definition) is 3. The fourth-order valence-corrected chi connectivity index (χ4v) is 5.01. The summed E-state index contributed by atoms with van der Waals surface area (Å²) in [6.07, 6.45) is 7.13. The van der Waals surface area contributed by atoms with Crippen LogP contribution in [0.3, 0.4) is 0 Å². The molecule has 156 valence electrons. The molecule has 2 atom stereocenters. The van der Waals surface area contributed by atoms with E-state index in [1.165, 1.54) is 19.3 Å². The molecule has 3 rings (SSSR count). The molecule has 0 aromatic rings. The molecule has 6 heteroatoms. The van der Waals surface area contributed by atoms with Gasteiger partial charge < -0.3 is 15.1 Å². The third-order valence-corrected chi connectivity index (χ3v) is 6.85. The lowest BCUT2D eigenvalue weighted by atomic mass is 9.83. The Balaban J connectivity index is 0.00000261. The Morgan fingerprint density at radius 1 is 1.00 bits per heavy atom. The minimum Gasteiger partial charge on any atom is -0.343 e. The van der Waals surface area contributed by atoms with Gasteiger partial charge in [-0.15, -0.1) is 12.4 Å². The summed E-state index contributed by atoms with van der Waals surface area (Å²) in [6, 6.07) is 0. The van der Waals surface area contributed by atoms with Crippen molar-refractivity contribution in [2.75, 3.05) is 39.3 Å². The van der Waals surface area contributed by atoms with E-state index in [0.29, 0.717) is 36.0 Å². The fraction of sp³-hybridized carbons (Fsp3) is 0.905. The van der Waals surface area contributed by atoms with Gasteiger partial charge in [-0.05, 0) is 69.4 Å². The normalized spacial score (nSPS) is 26.4. The molecule has 3 saturated heterocycles. The van der Waals surface area contributed by atoms with Gasteiger partial charge in [-0.1, -0.05) is 13.8 Å². The van der Waals surface area contributed by atoms with Crippen molar-refractivity contribution in [3.05, 3.63) is 0 Å². The lowest BCUT2D eigenvalue weighted by molar-refractivity contribution is -0.142. The molecule has 2 amide bonds. The summed E-state index contributed by atoms with van der Waals surface area (Å²) in [5, 5.41) is 3.40. The highest BCUT2D eigenvalue weighted by Crippen LogP contribution is 2.27. The molecule has 0 spiro atoms. The number of carbonyl (C=O) groups excluding carboxylic acids is 2. The number of rotatable bonds is 4. The molecule has 27 heavy (non-hydrogen) atoms. The molecule has 3 heterocycles. The highest BCUT2D eigenvalue weighted by atomic mass is 35.5. The van der Waals surface area contributed by atoms with E-state index in [9.17, 15) is 9.59 Å². The van der Waals surface area contributed by atoms with Gasteiger partial charge in [0.1, 0.15) is 0 Å². The molecule has 0 aliphatic carbocycles. The molecule has 3 aliphatic rings. The van der Waals surface area contributed by atoms with E-state index in [-0.39, 0.29) is 18.3 Å². The second-order valence-electron chi connectivity index (χ2n) is 8.96. The van der Waals surface area contributed by atoms with Crippen LogP contribution in [0, 0.1) is 23.7 Å². The molecular weight excluding hydrogens is 362 g/mol. The maximum absolute atomic E-state index is 12.8. The van der Waals surface area contributed by atoms with E-state index in [4.69, 9.17) is 0 Å². The Kier molecular flexibility index (Phi) is 8.87. The van der Waals surface area contributed by atoms with Crippen molar-refractivity contribution in [1.29, 1.82) is 0 Å². The molecule has 0 radical (unpaired) electrons. The third-order valence-electron chi connectivity index (χ3n) is 6.85. The van der Waals surface area contributed by atoms with E-state index in [0.717, 1.165) is 58.5 Å². The first-order valence-electron chi connectivity index (χ1n) is 10.8. The Labute approximate surface area is 171 Å². The smallest absolute Gasteiger partial charge is 0.225 e. The highest BCUT2D eigenvalue weighted by Gasteiger charge is 2.32. The standard InChI is InChI=1S/C21H37N3O2.ClH/c1-16-4-3-11-24(15-16)21(26)19-7-12-23(13-8-19)20(25)14-17(2)18-5-9-22-10-6-18;/h16-19,22H,3-15H2,1-2H3;1H. The van der Waals surface area contributed by atoms with Gasteiger partial charge >= 0.3 is 0 Å². The second-order valence-corrected chi connectivity index (χ2v) is 8.96. The number of carbonyl (C=O) groups is 2. The third kappa shape index (κ3) is 6.08.